The van der Waals surface area contributed by atoms with Gasteiger partial charge in [-0.25, -0.2) is 9.67 Å². The molecule has 6 heteroatoms. The van der Waals surface area contributed by atoms with Crippen molar-refractivity contribution < 1.29 is 4.79 Å². The number of aromatic nitrogens is 3. The largest absolute Gasteiger partial charge is 0.341 e. The molecule has 1 aliphatic heterocycles. The van der Waals surface area contributed by atoms with E-state index in [0.717, 1.165) is 36.2 Å². The first-order valence-electron chi connectivity index (χ1n) is 6.32. The third-order valence-corrected chi connectivity index (χ3v) is 4.10. The van der Waals surface area contributed by atoms with Crippen molar-refractivity contribution >= 4 is 17.7 Å². The summed E-state index contributed by atoms with van der Waals surface area (Å²) in [6.45, 7) is 8.15. The summed E-state index contributed by atoms with van der Waals surface area (Å²) in [6, 6.07) is 0. The number of aryl methyl sites for hydroxylation is 2. The summed E-state index contributed by atoms with van der Waals surface area (Å²) >= 11 is 1.92. The first kappa shape index (κ1) is 13.4. The van der Waals surface area contributed by atoms with E-state index in [1.54, 1.807) is 0 Å². The van der Waals surface area contributed by atoms with Gasteiger partial charge in [-0.15, -0.1) is 0 Å². The molecule has 1 amide bonds. The first-order chi connectivity index (χ1) is 8.58. The fourth-order valence-corrected chi connectivity index (χ4v) is 3.07. The Labute approximate surface area is 112 Å². The van der Waals surface area contributed by atoms with E-state index in [1.807, 2.05) is 42.1 Å². The van der Waals surface area contributed by atoms with E-state index < -0.39 is 0 Å². The maximum atomic E-state index is 12.3. The van der Waals surface area contributed by atoms with Gasteiger partial charge in [-0.05, 0) is 13.8 Å². The monoisotopic (exact) mass is 268 g/mol. The molecule has 0 N–H and O–H groups in total. The van der Waals surface area contributed by atoms with Crippen molar-refractivity contribution in [1.82, 2.24) is 19.7 Å². The first-order valence-corrected chi connectivity index (χ1v) is 7.48. The van der Waals surface area contributed by atoms with Gasteiger partial charge in [-0.3, -0.25) is 4.79 Å². The molecule has 18 heavy (non-hydrogen) atoms. The normalized spacial score (nSPS) is 17.8. The predicted molar refractivity (Wildman–Crippen MR) is 72.6 cm³/mol. The maximum Gasteiger partial charge on any atom is 0.227 e. The average molecular weight is 268 g/mol. The fraction of sp³-hybridized carbons (Fsp3) is 0.750. The van der Waals surface area contributed by atoms with Crippen molar-refractivity contribution in [2.24, 2.45) is 5.92 Å². The molecule has 1 aliphatic rings. The lowest BCUT2D eigenvalue weighted by Gasteiger charge is -2.29. The highest BCUT2D eigenvalue weighted by Gasteiger charge is 2.23. The fourth-order valence-electron chi connectivity index (χ4n) is 2.17. The lowest BCUT2D eigenvalue weighted by molar-refractivity contribution is -0.135. The van der Waals surface area contributed by atoms with E-state index in [4.69, 9.17) is 0 Å². The van der Waals surface area contributed by atoms with Gasteiger partial charge in [-0.2, -0.15) is 16.9 Å². The Kier molecular flexibility index (Phi) is 4.27. The summed E-state index contributed by atoms with van der Waals surface area (Å²) in [5, 5.41) is 4.31. The van der Waals surface area contributed by atoms with Crippen LogP contribution in [0.25, 0.3) is 0 Å². The lowest BCUT2D eigenvalue weighted by atomic mass is 10.1. The van der Waals surface area contributed by atoms with Crippen LogP contribution >= 0.6 is 11.8 Å². The third-order valence-electron chi connectivity index (χ3n) is 3.15. The van der Waals surface area contributed by atoms with Crippen molar-refractivity contribution in [3.63, 3.8) is 0 Å². The molecule has 1 aromatic heterocycles. The molecule has 2 rings (SSSR count). The highest BCUT2D eigenvalue weighted by molar-refractivity contribution is 7.99. The van der Waals surface area contributed by atoms with Crippen LogP contribution in [0, 0.1) is 19.8 Å². The molecule has 5 nitrogen and oxygen atoms in total. The summed E-state index contributed by atoms with van der Waals surface area (Å²) in [6.07, 6.45) is 0. The summed E-state index contributed by atoms with van der Waals surface area (Å²) in [5.74, 6) is 3.96. The number of amides is 1. The van der Waals surface area contributed by atoms with E-state index >= 15 is 0 Å². The van der Waals surface area contributed by atoms with Gasteiger partial charge in [-0.1, -0.05) is 6.92 Å². The molecule has 0 aromatic carbocycles. The zero-order chi connectivity index (χ0) is 13.1. The number of thioether (sulfide) groups is 1. The Morgan fingerprint density at radius 2 is 2.06 bits per heavy atom. The Morgan fingerprint density at radius 1 is 1.39 bits per heavy atom. The number of nitrogens with zero attached hydrogens (tertiary/aromatic N) is 4. The quantitative estimate of drug-likeness (QED) is 0.824. The number of rotatable bonds is 3. The molecule has 0 aliphatic carbocycles. The van der Waals surface area contributed by atoms with Crippen molar-refractivity contribution in [3.05, 3.63) is 11.6 Å². The summed E-state index contributed by atoms with van der Waals surface area (Å²) in [5.41, 5.74) is 0. The molecular formula is C12H20N4OS. The van der Waals surface area contributed by atoms with Gasteiger partial charge in [0.25, 0.3) is 0 Å². The summed E-state index contributed by atoms with van der Waals surface area (Å²) in [4.78, 5) is 18.5. The Balaban J connectivity index is 1.96. The Bertz CT molecular complexity index is 426. The molecular weight excluding hydrogens is 248 g/mol. The topological polar surface area (TPSA) is 51.0 Å². The smallest absolute Gasteiger partial charge is 0.227 e. The molecule has 2 heterocycles. The second-order valence-electron chi connectivity index (χ2n) is 4.73. The summed E-state index contributed by atoms with van der Waals surface area (Å²) < 4.78 is 1.83. The van der Waals surface area contributed by atoms with E-state index in [-0.39, 0.29) is 11.8 Å². The van der Waals surface area contributed by atoms with Crippen molar-refractivity contribution in [3.8, 4) is 0 Å². The van der Waals surface area contributed by atoms with Gasteiger partial charge in [0, 0.05) is 24.6 Å². The van der Waals surface area contributed by atoms with Crippen LogP contribution in [-0.4, -0.2) is 50.2 Å². The third kappa shape index (κ3) is 3.04. The van der Waals surface area contributed by atoms with Crippen LogP contribution in [0.4, 0.5) is 0 Å². The van der Waals surface area contributed by atoms with E-state index in [9.17, 15) is 4.79 Å². The van der Waals surface area contributed by atoms with Gasteiger partial charge in [0.1, 0.15) is 11.6 Å². The molecule has 100 valence electrons. The van der Waals surface area contributed by atoms with Gasteiger partial charge >= 0.3 is 0 Å². The molecule has 0 bridgehead atoms. The van der Waals surface area contributed by atoms with Gasteiger partial charge in [0.15, 0.2) is 0 Å². The second kappa shape index (κ2) is 5.73. The lowest BCUT2D eigenvalue weighted by Crippen LogP contribution is -2.42. The molecule has 1 saturated heterocycles. The van der Waals surface area contributed by atoms with Crippen LogP contribution in [0.2, 0.25) is 0 Å². The molecule has 0 radical (unpaired) electrons. The van der Waals surface area contributed by atoms with Crippen molar-refractivity contribution in [2.45, 2.75) is 27.3 Å². The molecule has 1 atom stereocenters. The number of carbonyl (C=O) groups excluding carboxylic acids is 1. The minimum atomic E-state index is -0.0344. The molecule has 1 fully saturated rings. The van der Waals surface area contributed by atoms with Gasteiger partial charge in [0.2, 0.25) is 5.91 Å². The zero-order valence-corrected chi connectivity index (χ0v) is 12.0. The van der Waals surface area contributed by atoms with Crippen LogP contribution in [0.3, 0.4) is 0 Å². The minimum Gasteiger partial charge on any atom is -0.341 e. The molecule has 1 aromatic rings. The zero-order valence-electron chi connectivity index (χ0n) is 11.2. The van der Waals surface area contributed by atoms with E-state index in [2.05, 4.69) is 10.1 Å². The number of hydrogen-bond donors (Lipinski definition) is 0. The standard InChI is InChI=1S/C12H20N4OS/c1-9(8-16-11(3)13-10(2)14-16)12(17)15-4-6-18-7-5-15/h9H,4-8H2,1-3H3/t9-/m0/s1. The van der Waals surface area contributed by atoms with Crippen LogP contribution in [0.1, 0.15) is 18.6 Å². The maximum absolute atomic E-state index is 12.3. The van der Waals surface area contributed by atoms with Gasteiger partial charge < -0.3 is 4.90 Å². The van der Waals surface area contributed by atoms with Gasteiger partial charge in [0.05, 0.1) is 12.5 Å². The highest BCUT2D eigenvalue weighted by atomic mass is 32.2. The van der Waals surface area contributed by atoms with Crippen LogP contribution < -0.4 is 0 Å². The molecule has 0 unspecified atom stereocenters. The summed E-state index contributed by atoms with van der Waals surface area (Å²) in [7, 11) is 0. The average Bonchev–Trinajstić information content (AvgIpc) is 2.68. The SMILES string of the molecule is Cc1nc(C)n(C[C@H](C)C(=O)N2CCSCC2)n1. The van der Waals surface area contributed by atoms with Crippen molar-refractivity contribution in [1.29, 1.82) is 0 Å². The number of hydrogen-bond acceptors (Lipinski definition) is 4. The van der Waals surface area contributed by atoms with Crippen LogP contribution in [0.15, 0.2) is 0 Å². The van der Waals surface area contributed by atoms with E-state index in [0.29, 0.717) is 6.54 Å². The predicted octanol–water partition coefficient (Wildman–Crippen LogP) is 1.11. The second-order valence-corrected chi connectivity index (χ2v) is 5.95. The Hall–Kier alpha value is -1.04. The van der Waals surface area contributed by atoms with Crippen LogP contribution in [-0.2, 0) is 11.3 Å². The molecule has 0 saturated carbocycles. The highest BCUT2D eigenvalue weighted by Crippen LogP contribution is 2.13. The van der Waals surface area contributed by atoms with Crippen LogP contribution in [0.5, 0.6) is 0 Å². The number of carbonyl (C=O) groups is 1. The minimum absolute atomic E-state index is 0.0344. The van der Waals surface area contributed by atoms with E-state index in [1.165, 1.54) is 0 Å². The van der Waals surface area contributed by atoms with Crippen molar-refractivity contribution in [2.75, 3.05) is 24.6 Å². The Morgan fingerprint density at radius 3 is 2.61 bits per heavy atom. The molecule has 0 spiro atoms.